The van der Waals surface area contributed by atoms with Crippen molar-refractivity contribution in [2.24, 2.45) is 5.41 Å². The average molecular weight is 203 g/mol. The molecule has 1 saturated carbocycles. The van der Waals surface area contributed by atoms with Crippen molar-refractivity contribution in [3.8, 4) is 0 Å². The molecule has 0 unspecified atom stereocenters. The van der Waals surface area contributed by atoms with Gasteiger partial charge in [-0.15, -0.1) is 0 Å². The Kier molecular flexibility index (Phi) is 2.25. The fourth-order valence-corrected chi connectivity index (χ4v) is 4.23. The number of aliphatic hydroxyl groups is 1. The summed E-state index contributed by atoms with van der Waals surface area (Å²) in [5, 5.41) is 12.9. The fourth-order valence-electron chi connectivity index (χ4n) is 2.37. The molecule has 2 aliphatic rings. The zero-order chi connectivity index (χ0) is 9.53. The van der Waals surface area contributed by atoms with Gasteiger partial charge in [0.05, 0.1) is 0 Å². The van der Waals surface area contributed by atoms with Crippen molar-refractivity contribution < 1.29 is 9.32 Å². The van der Waals surface area contributed by atoms with Crippen LogP contribution in [0, 0.1) is 5.41 Å². The largest absolute Gasteiger partial charge is 0.376 e. The molecule has 1 aliphatic carbocycles. The second-order valence-electron chi connectivity index (χ2n) is 4.51. The van der Waals surface area contributed by atoms with Gasteiger partial charge in [0.25, 0.3) is 0 Å². The van der Waals surface area contributed by atoms with E-state index in [2.05, 4.69) is 5.32 Å². The van der Waals surface area contributed by atoms with Crippen LogP contribution in [-0.4, -0.2) is 33.6 Å². The SMILES string of the molecule is CNC1(O)CCC2(CC1)CS(=O)C2. The van der Waals surface area contributed by atoms with E-state index in [9.17, 15) is 9.32 Å². The lowest BCUT2D eigenvalue weighted by Gasteiger charge is -2.48. The van der Waals surface area contributed by atoms with Crippen molar-refractivity contribution in [2.45, 2.75) is 31.4 Å². The van der Waals surface area contributed by atoms with Gasteiger partial charge >= 0.3 is 0 Å². The predicted octanol–water partition coefficient (Wildman–Crippen LogP) is 0.217. The number of rotatable bonds is 1. The highest BCUT2D eigenvalue weighted by Crippen LogP contribution is 2.46. The van der Waals surface area contributed by atoms with Crippen LogP contribution in [-0.2, 0) is 10.8 Å². The van der Waals surface area contributed by atoms with Crippen molar-refractivity contribution in [3.05, 3.63) is 0 Å². The highest BCUT2D eigenvalue weighted by atomic mass is 32.2. The predicted molar refractivity (Wildman–Crippen MR) is 52.8 cm³/mol. The van der Waals surface area contributed by atoms with Crippen LogP contribution in [0.4, 0.5) is 0 Å². The zero-order valence-electron chi connectivity index (χ0n) is 8.01. The Morgan fingerprint density at radius 3 is 2.15 bits per heavy atom. The molecule has 1 aliphatic heterocycles. The minimum atomic E-state index is -0.650. The van der Waals surface area contributed by atoms with Crippen LogP contribution in [0.3, 0.4) is 0 Å². The average Bonchev–Trinajstić information content (AvgIpc) is 2.08. The molecule has 0 aromatic rings. The minimum Gasteiger partial charge on any atom is -0.376 e. The van der Waals surface area contributed by atoms with E-state index in [4.69, 9.17) is 0 Å². The van der Waals surface area contributed by atoms with Crippen LogP contribution >= 0.6 is 0 Å². The summed E-state index contributed by atoms with van der Waals surface area (Å²) in [6.07, 6.45) is 3.66. The van der Waals surface area contributed by atoms with Gasteiger partial charge in [0.1, 0.15) is 5.72 Å². The molecule has 0 radical (unpaired) electrons. The van der Waals surface area contributed by atoms with E-state index in [0.29, 0.717) is 5.41 Å². The van der Waals surface area contributed by atoms with Gasteiger partial charge < -0.3 is 5.11 Å². The van der Waals surface area contributed by atoms with E-state index in [1.54, 1.807) is 7.05 Å². The molecule has 0 aromatic heterocycles. The van der Waals surface area contributed by atoms with E-state index in [1.165, 1.54) is 0 Å². The number of hydrogen-bond acceptors (Lipinski definition) is 3. The Bertz CT molecular complexity index is 224. The molecule has 4 heteroatoms. The second-order valence-corrected chi connectivity index (χ2v) is 5.97. The van der Waals surface area contributed by atoms with Gasteiger partial charge in [0.2, 0.25) is 0 Å². The Morgan fingerprint density at radius 2 is 1.77 bits per heavy atom. The van der Waals surface area contributed by atoms with Crippen LogP contribution in [0.1, 0.15) is 25.7 Å². The lowest BCUT2D eigenvalue weighted by atomic mass is 9.73. The summed E-state index contributed by atoms with van der Waals surface area (Å²) >= 11 is 0. The zero-order valence-corrected chi connectivity index (χ0v) is 8.82. The van der Waals surface area contributed by atoms with Crippen molar-refractivity contribution in [1.29, 1.82) is 0 Å². The van der Waals surface area contributed by atoms with Gasteiger partial charge in [0.15, 0.2) is 0 Å². The van der Waals surface area contributed by atoms with Gasteiger partial charge in [-0.1, -0.05) is 0 Å². The molecule has 2 fully saturated rings. The lowest BCUT2D eigenvalue weighted by Crippen LogP contribution is -2.54. The molecule has 0 bridgehead atoms. The van der Waals surface area contributed by atoms with Crippen molar-refractivity contribution in [3.63, 3.8) is 0 Å². The lowest BCUT2D eigenvalue weighted by molar-refractivity contribution is -0.0481. The standard InChI is InChI=1S/C9H17NO2S/c1-10-9(11)4-2-8(3-5-9)6-13(12)7-8/h10-11H,2-7H2,1H3. The Hall–Kier alpha value is 0.0700. The van der Waals surface area contributed by atoms with Gasteiger partial charge in [-0.25, -0.2) is 0 Å². The molecular formula is C9H17NO2S. The van der Waals surface area contributed by atoms with Crippen LogP contribution in [0.25, 0.3) is 0 Å². The summed E-state index contributed by atoms with van der Waals surface area (Å²) in [5.41, 5.74) is -0.323. The summed E-state index contributed by atoms with van der Waals surface area (Å²) in [5.74, 6) is 1.74. The van der Waals surface area contributed by atoms with Gasteiger partial charge in [-0.2, -0.15) is 0 Å². The first-order chi connectivity index (χ1) is 6.08. The summed E-state index contributed by atoms with van der Waals surface area (Å²) in [4.78, 5) is 0. The smallest absolute Gasteiger partial charge is 0.115 e. The third-order valence-electron chi connectivity index (χ3n) is 3.54. The third kappa shape index (κ3) is 1.67. The highest BCUT2D eigenvalue weighted by molar-refractivity contribution is 7.86. The van der Waals surface area contributed by atoms with E-state index in [-0.39, 0.29) is 0 Å². The molecule has 13 heavy (non-hydrogen) atoms. The first kappa shape index (κ1) is 9.62. The van der Waals surface area contributed by atoms with E-state index >= 15 is 0 Å². The Morgan fingerprint density at radius 1 is 1.23 bits per heavy atom. The minimum absolute atomic E-state index is 0.327. The van der Waals surface area contributed by atoms with Crippen LogP contribution in [0.15, 0.2) is 0 Å². The molecule has 2 N–H and O–H groups in total. The summed E-state index contributed by atoms with van der Waals surface area (Å²) in [7, 11) is 1.24. The molecular weight excluding hydrogens is 186 g/mol. The van der Waals surface area contributed by atoms with E-state index in [0.717, 1.165) is 37.2 Å². The Balaban J connectivity index is 1.93. The molecule has 1 heterocycles. The highest BCUT2D eigenvalue weighted by Gasteiger charge is 2.48. The van der Waals surface area contributed by atoms with Crippen LogP contribution in [0.5, 0.6) is 0 Å². The normalized spacial score (nSPS) is 50.5. The summed E-state index contributed by atoms with van der Waals surface area (Å²) in [6, 6.07) is 0. The third-order valence-corrected chi connectivity index (χ3v) is 5.41. The van der Waals surface area contributed by atoms with Gasteiger partial charge in [0, 0.05) is 22.3 Å². The molecule has 76 valence electrons. The monoisotopic (exact) mass is 203 g/mol. The maximum atomic E-state index is 11.0. The number of hydrogen-bond donors (Lipinski definition) is 2. The van der Waals surface area contributed by atoms with Crippen molar-refractivity contribution >= 4 is 10.8 Å². The van der Waals surface area contributed by atoms with Gasteiger partial charge in [-0.05, 0) is 38.1 Å². The summed E-state index contributed by atoms with van der Waals surface area (Å²) in [6.45, 7) is 0. The molecule has 0 aromatic carbocycles. The van der Waals surface area contributed by atoms with Crippen molar-refractivity contribution in [2.75, 3.05) is 18.6 Å². The maximum absolute atomic E-state index is 11.0. The first-order valence-electron chi connectivity index (χ1n) is 4.84. The molecule has 1 spiro atoms. The topological polar surface area (TPSA) is 49.3 Å². The maximum Gasteiger partial charge on any atom is 0.115 e. The number of nitrogens with one attached hydrogen (secondary N) is 1. The van der Waals surface area contributed by atoms with E-state index in [1.807, 2.05) is 0 Å². The van der Waals surface area contributed by atoms with Crippen LogP contribution in [0.2, 0.25) is 0 Å². The molecule has 2 rings (SSSR count). The second kappa shape index (κ2) is 3.04. The Labute approximate surface area is 81.4 Å². The van der Waals surface area contributed by atoms with Gasteiger partial charge in [-0.3, -0.25) is 9.53 Å². The first-order valence-corrected chi connectivity index (χ1v) is 6.33. The molecule has 0 atom stereocenters. The summed E-state index contributed by atoms with van der Waals surface area (Å²) < 4.78 is 11.0. The van der Waals surface area contributed by atoms with Crippen LogP contribution < -0.4 is 5.32 Å². The molecule has 1 saturated heterocycles. The quantitative estimate of drug-likeness (QED) is 0.599. The molecule has 0 amide bonds. The van der Waals surface area contributed by atoms with Crippen molar-refractivity contribution in [1.82, 2.24) is 5.32 Å². The van der Waals surface area contributed by atoms with E-state index < -0.39 is 16.5 Å². The molecule has 3 nitrogen and oxygen atoms in total. The fraction of sp³-hybridized carbons (Fsp3) is 1.00.